The molecule has 3 aromatic rings. The highest BCUT2D eigenvalue weighted by molar-refractivity contribution is 7.99. The van der Waals surface area contributed by atoms with Gasteiger partial charge in [0.1, 0.15) is 0 Å². The number of hydrogen-bond acceptors (Lipinski definition) is 6. The normalized spacial score (nSPS) is 13.9. The number of fused-ring (bicyclic) bond motifs is 1. The van der Waals surface area contributed by atoms with Crippen molar-refractivity contribution in [2.24, 2.45) is 0 Å². The lowest BCUT2D eigenvalue weighted by molar-refractivity contribution is -0.113. The molecule has 0 atom stereocenters. The van der Waals surface area contributed by atoms with Gasteiger partial charge in [-0.25, -0.2) is 4.98 Å². The Labute approximate surface area is 202 Å². The topological polar surface area (TPSA) is 76.5 Å². The molecule has 0 bridgehead atoms. The van der Waals surface area contributed by atoms with Gasteiger partial charge in [0.25, 0.3) is 5.56 Å². The van der Waals surface area contributed by atoms with Crippen LogP contribution in [0.3, 0.4) is 0 Å². The number of halogens is 1. The summed E-state index contributed by atoms with van der Waals surface area (Å²) in [6.45, 7) is 2.88. The van der Waals surface area contributed by atoms with Gasteiger partial charge >= 0.3 is 0 Å². The second kappa shape index (κ2) is 11.0. The number of rotatable bonds is 8. The second-order valence-electron chi connectivity index (χ2n) is 7.94. The average Bonchev–Trinajstić information content (AvgIpc) is 2.83. The molecule has 1 saturated heterocycles. The maximum atomic E-state index is 13.0. The molecule has 1 aliphatic heterocycles. The molecule has 1 amide bonds. The predicted molar refractivity (Wildman–Crippen MR) is 135 cm³/mol. The molecule has 9 heteroatoms. The van der Waals surface area contributed by atoms with E-state index < -0.39 is 0 Å². The number of piperidine rings is 1. The van der Waals surface area contributed by atoms with E-state index in [4.69, 9.17) is 16.3 Å². The summed E-state index contributed by atoms with van der Waals surface area (Å²) in [5.74, 6) is -0.0382. The highest BCUT2D eigenvalue weighted by atomic mass is 35.5. The van der Waals surface area contributed by atoms with E-state index in [-0.39, 0.29) is 17.2 Å². The third kappa shape index (κ3) is 5.88. The quantitative estimate of drug-likeness (QED) is 0.375. The van der Waals surface area contributed by atoms with Crippen molar-refractivity contribution in [3.05, 3.63) is 57.8 Å². The Morgan fingerprint density at radius 2 is 1.91 bits per heavy atom. The minimum atomic E-state index is -0.176. The van der Waals surface area contributed by atoms with Crippen LogP contribution in [0.1, 0.15) is 19.3 Å². The number of aromatic nitrogens is 2. The summed E-state index contributed by atoms with van der Waals surface area (Å²) in [4.78, 5) is 32.5. The number of nitrogens with one attached hydrogen (secondary N) is 1. The molecule has 2 heterocycles. The molecule has 1 fully saturated rings. The molecule has 0 aliphatic carbocycles. The number of amides is 1. The fraction of sp³-hybridized carbons (Fsp3) is 0.375. The van der Waals surface area contributed by atoms with Gasteiger partial charge in [-0.3, -0.25) is 14.2 Å². The van der Waals surface area contributed by atoms with E-state index in [0.717, 1.165) is 18.8 Å². The van der Waals surface area contributed by atoms with Crippen molar-refractivity contribution in [1.82, 2.24) is 9.55 Å². The summed E-state index contributed by atoms with van der Waals surface area (Å²) >= 11 is 7.30. The summed E-state index contributed by atoms with van der Waals surface area (Å²) in [5.41, 5.74) is 2.27. The van der Waals surface area contributed by atoms with Crippen molar-refractivity contribution < 1.29 is 9.53 Å². The number of thioether (sulfide) groups is 1. The summed E-state index contributed by atoms with van der Waals surface area (Å²) in [6, 6.07) is 13.0. The maximum absolute atomic E-state index is 13.0. The molecule has 0 spiro atoms. The maximum Gasteiger partial charge on any atom is 0.262 e. The average molecular weight is 487 g/mol. The molecule has 0 radical (unpaired) electrons. The molecule has 1 aliphatic rings. The molecular formula is C24H27ClN4O3S. The predicted octanol–water partition coefficient (Wildman–Crippen LogP) is 4.42. The van der Waals surface area contributed by atoms with E-state index in [2.05, 4.69) is 15.2 Å². The van der Waals surface area contributed by atoms with Gasteiger partial charge in [-0.1, -0.05) is 23.4 Å². The molecule has 4 rings (SSSR count). The number of hydrogen-bond donors (Lipinski definition) is 1. The van der Waals surface area contributed by atoms with Crippen molar-refractivity contribution in [3.8, 4) is 0 Å². The number of carbonyl (C=O) groups excluding carboxylic acids is 1. The van der Waals surface area contributed by atoms with Crippen molar-refractivity contribution >= 4 is 51.5 Å². The summed E-state index contributed by atoms with van der Waals surface area (Å²) in [5, 5.41) is 4.38. The summed E-state index contributed by atoms with van der Waals surface area (Å²) in [6.07, 6.45) is 3.74. The van der Waals surface area contributed by atoms with Crippen LogP contribution in [0.25, 0.3) is 10.9 Å². The molecule has 174 valence electrons. The van der Waals surface area contributed by atoms with E-state index in [0.29, 0.717) is 34.2 Å². The first kappa shape index (κ1) is 23.6. The minimum absolute atomic E-state index is 0.124. The van der Waals surface area contributed by atoms with Crippen LogP contribution in [0.5, 0.6) is 0 Å². The molecule has 0 saturated carbocycles. The Balaban J connectivity index is 1.44. The van der Waals surface area contributed by atoms with Crippen LogP contribution in [-0.4, -0.2) is 48.0 Å². The van der Waals surface area contributed by atoms with Gasteiger partial charge in [0.2, 0.25) is 5.91 Å². The van der Waals surface area contributed by atoms with E-state index >= 15 is 0 Å². The number of ether oxygens (including phenoxy) is 1. The molecule has 2 aromatic carbocycles. The van der Waals surface area contributed by atoms with Crippen molar-refractivity contribution in [3.63, 3.8) is 0 Å². The molecule has 0 unspecified atom stereocenters. The summed E-state index contributed by atoms with van der Waals surface area (Å²) in [7, 11) is 1.58. The SMILES string of the molecule is COCCn1c(SCC(=O)Nc2ccc(N3CCCCC3)cc2)nc2cc(Cl)ccc2c1=O. The van der Waals surface area contributed by atoms with Crippen molar-refractivity contribution in [1.29, 1.82) is 0 Å². The monoisotopic (exact) mass is 486 g/mol. The Kier molecular flexibility index (Phi) is 7.90. The molecule has 1 aromatic heterocycles. The fourth-order valence-corrected chi connectivity index (χ4v) is 4.89. The second-order valence-corrected chi connectivity index (χ2v) is 9.32. The Hall–Kier alpha value is -2.55. The third-order valence-electron chi connectivity index (χ3n) is 5.61. The fourth-order valence-electron chi connectivity index (χ4n) is 3.90. The first-order valence-corrected chi connectivity index (χ1v) is 12.4. The first-order valence-electron chi connectivity index (χ1n) is 11.0. The number of methoxy groups -OCH3 is 1. The van der Waals surface area contributed by atoms with E-state index in [1.807, 2.05) is 24.3 Å². The number of nitrogens with zero attached hydrogens (tertiary/aromatic N) is 3. The lowest BCUT2D eigenvalue weighted by atomic mass is 10.1. The molecular weight excluding hydrogens is 460 g/mol. The highest BCUT2D eigenvalue weighted by Gasteiger charge is 2.15. The molecule has 1 N–H and O–H groups in total. The van der Waals surface area contributed by atoms with Crippen LogP contribution in [0.15, 0.2) is 52.4 Å². The van der Waals surface area contributed by atoms with E-state index in [1.54, 1.807) is 29.9 Å². The molecule has 33 heavy (non-hydrogen) atoms. The number of carbonyl (C=O) groups is 1. The van der Waals surface area contributed by atoms with Gasteiger partial charge in [0, 0.05) is 36.6 Å². The minimum Gasteiger partial charge on any atom is -0.383 e. The Bertz CT molecular complexity index is 1180. The lowest BCUT2D eigenvalue weighted by Gasteiger charge is -2.28. The number of benzene rings is 2. The lowest BCUT2D eigenvalue weighted by Crippen LogP contribution is -2.29. The van der Waals surface area contributed by atoms with Gasteiger partial charge < -0.3 is 15.0 Å². The van der Waals surface area contributed by atoms with E-state index in [1.165, 1.54) is 36.7 Å². The van der Waals surface area contributed by atoms with Crippen LogP contribution < -0.4 is 15.8 Å². The van der Waals surface area contributed by atoms with E-state index in [9.17, 15) is 9.59 Å². The highest BCUT2D eigenvalue weighted by Crippen LogP contribution is 2.23. The zero-order valence-electron chi connectivity index (χ0n) is 18.6. The van der Waals surface area contributed by atoms with Crippen LogP contribution in [-0.2, 0) is 16.1 Å². The van der Waals surface area contributed by atoms with Gasteiger partial charge in [-0.2, -0.15) is 0 Å². The van der Waals surface area contributed by atoms with Gasteiger partial charge in [0.05, 0.1) is 29.8 Å². The van der Waals surface area contributed by atoms with Gasteiger partial charge in [-0.05, 0) is 61.7 Å². The summed E-state index contributed by atoms with van der Waals surface area (Å²) < 4.78 is 6.69. The van der Waals surface area contributed by atoms with Crippen molar-refractivity contribution in [2.75, 3.05) is 42.8 Å². The largest absolute Gasteiger partial charge is 0.383 e. The Morgan fingerprint density at radius 1 is 1.15 bits per heavy atom. The standard InChI is InChI=1S/C24H27ClN4O3S/c1-32-14-13-29-23(31)20-10-5-17(25)15-21(20)27-24(29)33-16-22(30)26-18-6-8-19(9-7-18)28-11-3-2-4-12-28/h5-10,15H,2-4,11-14,16H2,1H3,(H,26,30). The van der Waals surface area contributed by atoms with Crippen LogP contribution >= 0.6 is 23.4 Å². The molecule has 7 nitrogen and oxygen atoms in total. The zero-order chi connectivity index (χ0) is 23.2. The Morgan fingerprint density at radius 3 is 2.64 bits per heavy atom. The van der Waals surface area contributed by atoms with Crippen LogP contribution in [0, 0.1) is 0 Å². The van der Waals surface area contributed by atoms with Crippen LogP contribution in [0.2, 0.25) is 5.02 Å². The smallest absolute Gasteiger partial charge is 0.262 e. The van der Waals surface area contributed by atoms with Gasteiger partial charge in [-0.15, -0.1) is 0 Å². The van der Waals surface area contributed by atoms with Gasteiger partial charge in [0.15, 0.2) is 5.16 Å². The third-order valence-corrected chi connectivity index (χ3v) is 6.82. The zero-order valence-corrected chi connectivity index (χ0v) is 20.1. The first-order chi connectivity index (χ1) is 16.0. The number of anilines is 2. The van der Waals surface area contributed by atoms with Crippen LogP contribution in [0.4, 0.5) is 11.4 Å². The van der Waals surface area contributed by atoms with Crippen molar-refractivity contribution in [2.45, 2.75) is 31.0 Å².